The van der Waals surface area contributed by atoms with Crippen molar-refractivity contribution in [2.24, 2.45) is 11.8 Å². The van der Waals surface area contributed by atoms with Gasteiger partial charge in [0.15, 0.2) is 0 Å². The lowest BCUT2D eigenvalue weighted by atomic mass is 9.71. The van der Waals surface area contributed by atoms with Crippen molar-refractivity contribution >= 4 is 5.91 Å². The van der Waals surface area contributed by atoms with Crippen LogP contribution >= 0.6 is 0 Å². The van der Waals surface area contributed by atoms with Crippen LogP contribution < -0.4 is 0 Å². The highest BCUT2D eigenvalue weighted by molar-refractivity contribution is 5.89. The maximum atomic E-state index is 14.8. The van der Waals surface area contributed by atoms with Crippen LogP contribution in [0.2, 0.25) is 0 Å². The smallest absolute Gasteiger partial charge is 0.339 e. The lowest BCUT2D eigenvalue weighted by molar-refractivity contribution is -0.477. The van der Waals surface area contributed by atoms with Gasteiger partial charge < -0.3 is 4.90 Å². The van der Waals surface area contributed by atoms with Crippen molar-refractivity contribution in [3.05, 3.63) is 0 Å². The highest BCUT2D eigenvalue weighted by Crippen LogP contribution is 2.69. The van der Waals surface area contributed by atoms with Crippen molar-refractivity contribution in [2.45, 2.75) is 63.0 Å². The van der Waals surface area contributed by atoms with Crippen LogP contribution in [-0.2, 0) is 4.79 Å². The van der Waals surface area contributed by atoms with Gasteiger partial charge in [0.2, 0.25) is 0 Å². The van der Waals surface area contributed by atoms with Crippen molar-refractivity contribution in [1.82, 2.24) is 4.90 Å². The van der Waals surface area contributed by atoms with Crippen molar-refractivity contribution < 1.29 is 53.1 Å². The maximum absolute atomic E-state index is 14.8. The predicted molar refractivity (Wildman–Crippen MR) is 74.8 cm³/mol. The average Bonchev–Trinajstić information content (AvgIpc) is 2.49. The molecule has 0 bridgehead atoms. The van der Waals surface area contributed by atoms with E-state index in [4.69, 9.17) is 0 Å². The molecule has 0 unspecified atom stereocenters. The molecule has 1 saturated carbocycles. The number of hydrogen-bond acceptors (Lipinski definition) is 1. The zero-order valence-corrected chi connectivity index (χ0v) is 15.1. The first kappa shape index (κ1) is 24.7. The molecule has 0 saturated heterocycles. The molecule has 28 heavy (non-hydrogen) atoms. The van der Waals surface area contributed by atoms with Gasteiger partial charge in [0, 0.05) is 13.1 Å². The molecule has 0 aromatic heterocycles. The van der Waals surface area contributed by atoms with Gasteiger partial charge in [-0.2, -0.15) is 43.9 Å². The molecule has 0 atom stereocenters. The van der Waals surface area contributed by atoms with E-state index in [0.717, 1.165) is 0 Å². The van der Waals surface area contributed by atoms with E-state index in [0.29, 0.717) is 0 Å². The SMILES string of the molecule is CC(C)CN(CC(C)C)C(=O)C1(F)C(F)(F)C(F)(F)C(F)(F)C(F)(F)C1(F)F. The van der Waals surface area contributed by atoms with Gasteiger partial charge in [-0.1, -0.05) is 27.7 Å². The molecular formula is C15H18F11NO. The number of carbonyl (C=O) groups is 1. The van der Waals surface area contributed by atoms with Crippen LogP contribution in [0.4, 0.5) is 48.3 Å². The van der Waals surface area contributed by atoms with Gasteiger partial charge in [0.05, 0.1) is 0 Å². The topological polar surface area (TPSA) is 20.3 Å². The maximum Gasteiger partial charge on any atom is 0.384 e. The molecule has 1 rings (SSSR count). The summed E-state index contributed by atoms with van der Waals surface area (Å²) >= 11 is 0. The number of amides is 1. The number of halogens is 11. The molecule has 0 radical (unpaired) electrons. The number of rotatable bonds is 5. The lowest BCUT2D eigenvalue weighted by Crippen LogP contribution is -2.86. The molecule has 0 aliphatic heterocycles. The van der Waals surface area contributed by atoms with Crippen LogP contribution in [-0.4, -0.2) is 59.2 Å². The minimum absolute atomic E-state index is 0.0627. The number of nitrogens with zero attached hydrogens (tertiary/aromatic N) is 1. The monoisotopic (exact) mass is 437 g/mol. The molecule has 166 valence electrons. The zero-order chi connectivity index (χ0) is 22.7. The Morgan fingerprint density at radius 1 is 0.607 bits per heavy atom. The van der Waals surface area contributed by atoms with Crippen molar-refractivity contribution in [2.75, 3.05) is 13.1 Å². The minimum atomic E-state index is -7.33. The van der Waals surface area contributed by atoms with Crippen LogP contribution in [0.25, 0.3) is 0 Å². The summed E-state index contributed by atoms with van der Waals surface area (Å²) in [5.74, 6) is -40.7. The van der Waals surface area contributed by atoms with Gasteiger partial charge in [0.25, 0.3) is 5.91 Å². The normalized spacial score (nSPS) is 26.3. The van der Waals surface area contributed by atoms with Gasteiger partial charge >= 0.3 is 35.3 Å². The minimum Gasteiger partial charge on any atom is -0.339 e. The molecule has 1 fully saturated rings. The number of hydrogen-bond donors (Lipinski definition) is 0. The second kappa shape index (κ2) is 6.61. The third-order valence-electron chi connectivity index (χ3n) is 4.20. The fourth-order valence-corrected chi connectivity index (χ4v) is 2.83. The molecule has 1 aliphatic rings. The summed E-state index contributed by atoms with van der Waals surface area (Å²) in [6, 6.07) is 0. The molecule has 0 aromatic carbocycles. The second-order valence-electron chi connectivity index (χ2n) is 7.53. The predicted octanol–water partition coefficient (Wildman–Crippen LogP) is 5.03. The molecule has 13 heteroatoms. The first-order valence-corrected chi connectivity index (χ1v) is 8.01. The summed E-state index contributed by atoms with van der Waals surface area (Å²) in [5.41, 5.74) is -6.61. The highest BCUT2D eigenvalue weighted by atomic mass is 19.4. The van der Waals surface area contributed by atoms with E-state index in [1.165, 1.54) is 27.7 Å². The van der Waals surface area contributed by atoms with Gasteiger partial charge in [0.1, 0.15) is 0 Å². The molecule has 0 heterocycles. The van der Waals surface area contributed by atoms with E-state index in [-0.39, 0.29) is 4.90 Å². The molecular weight excluding hydrogens is 419 g/mol. The Labute approximate surface area is 153 Å². The lowest BCUT2D eigenvalue weighted by Gasteiger charge is -2.52. The fraction of sp³-hybridized carbons (Fsp3) is 0.933. The molecule has 1 amide bonds. The first-order chi connectivity index (χ1) is 12.1. The summed E-state index contributed by atoms with van der Waals surface area (Å²) in [7, 11) is 0. The Bertz CT molecular complexity index is 575. The van der Waals surface area contributed by atoms with E-state index >= 15 is 0 Å². The van der Waals surface area contributed by atoms with Gasteiger partial charge in [-0.15, -0.1) is 0 Å². The highest BCUT2D eigenvalue weighted by Gasteiger charge is 3.03. The van der Waals surface area contributed by atoms with Crippen LogP contribution in [0.5, 0.6) is 0 Å². The quantitative estimate of drug-likeness (QED) is 0.553. The van der Waals surface area contributed by atoms with Gasteiger partial charge in [-0.3, -0.25) is 4.79 Å². The summed E-state index contributed by atoms with van der Waals surface area (Å²) in [5, 5.41) is 0. The summed E-state index contributed by atoms with van der Waals surface area (Å²) < 4.78 is 151. The Hall–Kier alpha value is -1.30. The largest absolute Gasteiger partial charge is 0.384 e. The van der Waals surface area contributed by atoms with E-state index in [1.54, 1.807) is 0 Å². The van der Waals surface area contributed by atoms with Crippen molar-refractivity contribution in [1.29, 1.82) is 0 Å². The molecule has 1 aliphatic carbocycles. The number of carbonyl (C=O) groups excluding carboxylic acids is 1. The first-order valence-electron chi connectivity index (χ1n) is 8.01. The zero-order valence-electron chi connectivity index (χ0n) is 15.1. The third-order valence-corrected chi connectivity index (χ3v) is 4.20. The Kier molecular flexibility index (Phi) is 5.84. The standard InChI is InChI=1S/C15H18F11NO/c1-7(2)5-27(6-8(3)4)9(28)10(16)11(17,18)13(21,22)15(25,26)14(23,24)12(10,19)20/h7-8H,5-6H2,1-4H3. The molecule has 0 spiro atoms. The third kappa shape index (κ3) is 2.78. The Balaban J connectivity index is 3.78. The van der Waals surface area contributed by atoms with Gasteiger partial charge in [-0.05, 0) is 11.8 Å². The van der Waals surface area contributed by atoms with E-state index < -0.39 is 66.1 Å². The summed E-state index contributed by atoms with van der Waals surface area (Å²) in [6.45, 7) is 3.73. The van der Waals surface area contributed by atoms with E-state index in [1.807, 2.05) is 0 Å². The van der Waals surface area contributed by atoms with Crippen molar-refractivity contribution in [3.8, 4) is 0 Å². The van der Waals surface area contributed by atoms with E-state index in [9.17, 15) is 53.1 Å². The second-order valence-corrected chi connectivity index (χ2v) is 7.53. The molecule has 0 N–H and O–H groups in total. The van der Waals surface area contributed by atoms with E-state index in [2.05, 4.69) is 0 Å². The van der Waals surface area contributed by atoms with Crippen LogP contribution in [0.3, 0.4) is 0 Å². The van der Waals surface area contributed by atoms with Crippen molar-refractivity contribution in [3.63, 3.8) is 0 Å². The average molecular weight is 437 g/mol. The Morgan fingerprint density at radius 3 is 1.11 bits per heavy atom. The van der Waals surface area contributed by atoms with Crippen LogP contribution in [0.1, 0.15) is 27.7 Å². The van der Waals surface area contributed by atoms with Gasteiger partial charge in [-0.25, -0.2) is 4.39 Å². The number of alkyl halides is 11. The Morgan fingerprint density at radius 2 is 0.857 bits per heavy atom. The van der Waals surface area contributed by atoms with Crippen LogP contribution in [0, 0.1) is 11.8 Å². The van der Waals surface area contributed by atoms with Crippen LogP contribution in [0.15, 0.2) is 0 Å². The molecule has 0 aromatic rings. The summed E-state index contributed by atoms with van der Waals surface area (Å²) in [6.07, 6.45) is 0. The summed E-state index contributed by atoms with van der Waals surface area (Å²) in [4.78, 5) is 12.1. The fourth-order valence-electron chi connectivity index (χ4n) is 2.83. The molecule has 2 nitrogen and oxygen atoms in total.